The van der Waals surface area contributed by atoms with E-state index in [-0.39, 0.29) is 40.5 Å². The standard InChI is InChI=1S/4BH3O3.Na.2H2O.H/c4*2-1(3)4;;;;/h4*2-4H;;2*1H2;. The molecule has 114 valence electrons. The van der Waals surface area contributed by atoms with Crippen LogP contribution in [0.3, 0.4) is 0 Å². The van der Waals surface area contributed by atoms with Crippen LogP contribution in [0, 0.1) is 0 Å². The van der Waals surface area contributed by atoms with Gasteiger partial charge in [-0.1, -0.05) is 0 Å². The van der Waals surface area contributed by atoms with Crippen LogP contribution in [0.15, 0.2) is 0 Å². The fourth-order valence-corrected chi connectivity index (χ4v) is 0. The first-order chi connectivity index (χ1) is 6.93. The summed E-state index contributed by atoms with van der Waals surface area (Å²) in [5, 5.41) is 86.0. The Hall–Kier alpha value is 0.700. The zero-order valence-electron chi connectivity index (χ0n) is 8.68. The van der Waals surface area contributed by atoms with Crippen molar-refractivity contribution in [1.29, 1.82) is 0 Å². The van der Waals surface area contributed by atoms with Gasteiger partial charge in [0.15, 0.2) is 0 Å². The van der Waals surface area contributed by atoms with Gasteiger partial charge < -0.3 is 71.2 Å². The molecule has 0 aromatic carbocycles. The molecule has 0 aromatic rings. The van der Waals surface area contributed by atoms with Crippen LogP contribution in [-0.2, 0) is 0 Å². The van der Waals surface area contributed by atoms with Gasteiger partial charge in [0.2, 0.25) is 0 Å². The molecule has 0 rings (SSSR count). The summed E-state index contributed by atoms with van der Waals surface area (Å²) in [5.41, 5.74) is 0. The topological polar surface area (TPSA) is 306 Å². The van der Waals surface area contributed by atoms with E-state index in [0.717, 1.165) is 0 Å². The average Bonchev–Trinajstić information content (AvgIpc) is 1.76. The Morgan fingerprint density at radius 2 is 0.316 bits per heavy atom. The first-order valence-corrected chi connectivity index (χ1v) is 3.10. The number of rotatable bonds is 0. The summed E-state index contributed by atoms with van der Waals surface area (Å²) >= 11 is 0. The predicted molar refractivity (Wildman–Crippen MR) is 64.0 cm³/mol. The molecule has 0 atom stereocenters. The maximum atomic E-state index is 7.17. The molecule has 0 fully saturated rings. The fourth-order valence-electron chi connectivity index (χ4n) is 0. The van der Waals surface area contributed by atoms with E-state index >= 15 is 0 Å². The molecular weight excluding hydrogens is 290 g/mol. The van der Waals surface area contributed by atoms with E-state index in [2.05, 4.69) is 0 Å². The Labute approximate surface area is 130 Å². The van der Waals surface area contributed by atoms with Gasteiger partial charge in [-0.25, -0.2) is 0 Å². The summed E-state index contributed by atoms with van der Waals surface area (Å²) in [4.78, 5) is 0. The van der Waals surface area contributed by atoms with E-state index in [1.807, 2.05) is 0 Å². The van der Waals surface area contributed by atoms with Gasteiger partial charge >= 0.3 is 58.8 Å². The Morgan fingerprint density at radius 3 is 0.316 bits per heavy atom. The summed E-state index contributed by atoms with van der Waals surface area (Å²) in [6.45, 7) is 0. The molecule has 0 spiro atoms. The number of hydrogen-bond donors (Lipinski definition) is 12. The van der Waals surface area contributed by atoms with Crippen molar-refractivity contribution in [2.24, 2.45) is 0 Å². The fraction of sp³-hybridized carbons (Fsp3) is 0. The Balaban J connectivity index is -0.0000000192. The van der Waals surface area contributed by atoms with Crippen LogP contribution < -0.4 is 0 Å². The molecule has 0 heterocycles. The van der Waals surface area contributed by atoms with E-state index in [0.29, 0.717) is 0 Å². The molecular formula is H17B4NaO14. The Bertz CT molecular complexity index is 62.4. The van der Waals surface area contributed by atoms with E-state index < -0.39 is 29.3 Å². The zero-order valence-corrected chi connectivity index (χ0v) is 8.68. The molecule has 0 unspecified atom stereocenters. The summed E-state index contributed by atoms with van der Waals surface area (Å²) < 4.78 is 0. The molecule has 16 N–H and O–H groups in total. The van der Waals surface area contributed by atoms with Crippen LogP contribution >= 0.6 is 0 Å². The molecule has 0 aliphatic carbocycles. The predicted octanol–water partition coefficient (Wildman–Crippen LogP) is -10.5. The summed E-state index contributed by atoms with van der Waals surface area (Å²) in [5.74, 6) is 0. The third kappa shape index (κ3) is 10700. The first-order valence-electron chi connectivity index (χ1n) is 3.10. The van der Waals surface area contributed by atoms with Crippen molar-refractivity contribution >= 4 is 58.8 Å². The van der Waals surface area contributed by atoms with Crippen molar-refractivity contribution in [2.75, 3.05) is 0 Å². The monoisotopic (exact) mass is 308 g/mol. The van der Waals surface area contributed by atoms with Gasteiger partial charge in [-0.3, -0.25) is 0 Å². The summed E-state index contributed by atoms with van der Waals surface area (Å²) in [7, 11) is -8.67. The van der Waals surface area contributed by atoms with Crippen LogP contribution in [0.2, 0.25) is 0 Å². The first kappa shape index (κ1) is 42.7. The maximum absolute atomic E-state index is 7.17. The van der Waals surface area contributed by atoms with Crippen LogP contribution in [0.25, 0.3) is 0 Å². The van der Waals surface area contributed by atoms with Gasteiger partial charge in [-0.15, -0.1) is 0 Å². The minimum atomic E-state index is -2.17. The number of hydrogen-bond acceptors (Lipinski definition) is 12. The van der Waals surface area contributed by atoms with Crippen molar-refractivity contribution in [3.8, 4) is 0 Å². The van der Waals surface area contributed by atoms with Gasteiger partial charge in [0, 0.05) is 0 Å². The third-order valence-electron chi connectivity index (χ3n) is 0. The van der Waals surface area contributed by atoms with Crippen molar-refractivity contribution < 1.29 is 71.2 Å². The summed E-state index contributed by atoms with van der Waals surface area (Å²) in [6.07, 6.45) is 0. The second-order valence-electron chi connectivity index (χ2n) is 1.39. The van der Waals surface area contributed by atoms with Gasteiger partial charge in [-0.05, 0) is 0 Å². The molecule has 0 aliphatic heterocycles. The van der Waals surface area contributed by atoms with Crippen molar-refractivity contribution in [2.45, 2.75) is 0 Å². The molecule has 19 heteroatoms. The Kier molecular flexibility index (Phi) is 81.7. The third-order valence-corrected chi connectivity index (χ3v) is 0. The summed E-state index contributed by atoms with van der Waals surface area (Å²) in [6, 6.07) is 0. The van der Waals surface area contributed by atoms with Crippen LogP contribution in [-0.4, -0.2) is 130 Å². The van der Waals surface area contributed by atoms with Gasteiger partial charge in [0.05, 0.1) is 0 Å². The van der Waals surface area contributed by atoms with E-state index in [4.69, 9.17) is 60.3 Å². The second-order valence-corrected chi connectivity index (χ2v) is 1.39. The van der Waals surface area contributed by atoms with E-state index in [1.165, 1.54) is 0 Å². The zero-order chi connectivity index (χ0) is 14.3. The van der Waals surface area contributed by atoms with Crippen molar-refractivity contribution in [3.05, 3.63) is 0 Å². The van der Waals surface area contributed by atoms with Crippen molar-refractivity contribution in [1.82, 2.24) is 0 Å². The molecule has 0 amide bonds. The van der Waals surface area contributed by atoms with E-state index in [1.54, 1.807) is 0 Å². The van der Waals surface area contributed by atoms with Gasteiger partial charge in [-0.2, -0.15) is 0 Å². The minimum absolute atomic E-state index is 0. The molecule has 0 radical (unpaired) electrons. The molecule has 0 bridgehead atoms. The Morgan fingerprint density at radius 1 is 0.316 bits per heavy atom. The molecule has 0 saturated carbocycles. The SMILES string of the molecule is O.O.OB(O)O.OB(O)O.OB(O)O.OB(O)O.[NaH]. The van der Waals surface area contributed by atoms with E-state index in [9.17, 15) is 0 Å². The van der Waals surface area contributed by atoms with Gasteiger partial charge in [0.1, 0.15) is 0 Å². The van der Waals surface area contributed by atoms with Crippen LogP contribution in [0.4, 0.5) is 0 Å². The van der Waals surface area contributed by atoms with Crippen LogP contribution in [0.5, 0.6) is 0 Å². The molecule has 14 nitrogen and oxygen atoms in total. The average molecular weight is 307 g/mol. The molecule has 0 aromatic heterocycles. The normalized spacial score (nSPS) is 5.68. The van der Waals surface area contributed by atoms with Crippen LogP contribution in [0.1, 0.15) is 0 Å². The molecule has 19 heavy (non-hydrogen) atoms. The van der Waals surface area contributed by atoms with Gasteiger partial charge in [0.25, 0.3) is 0 Å². The quantitative estimate of drug-likeness (QED) is 0.185. The second kappa shape index (κ2) is 36.3. The van der Waals surface area contributed by atoms with Crippen molar-refractivity contribution in [3.63, 3.8) is 0 Å². The molecule has 0 saturated heterocycles. The molecule has 0 aliphatic rings.